The maximum absolute atomic E-state index is 11.3. The Bertz CT molecular complexity index is 916. The van der Waals surface area contributed by atoms with Crippen molar-refractivity contribution in [3.63, 3.8) is 0 Å². The summed E-state index contributed by atoms with van der Waals surface area (Å²) in [6.45, 7) is 6.25. The highest BCUT2D eigenvalue weighted by atomic mass is 16.1. The number of hydrogen-bond donors (Lipinski definition) is 2. The molecule has 5 nitrogen and oxygen atoms in total. The molecule has 5 heteroatoms. The summed E-state index contributed by atoms with van der Waals surface area (Å²) in [4.78, 5) is 20.2. The Morgan fingerprint density at radius 2 is 1.65 bits per heavy atom. The fraction of sp³-hybridized carbons (Fsp3) is 0.190. The van der Waals surface area contributed by atoms with Gasteiger partial charge in [0.15, 0.2) is 0 Å². The van der Waals surface area contributed by atoms with Crippen LogP contribution < -0.4 is 11.1 Å². The average molecular weight is 346 g/mol. The molecule has 3 aromatic rings. The van der Waals surface area contributed by atoms with E-state index in [9.17, 15) is 4.79 Å². The van der Waals surface area contributed by atoms with Crippen LogP contribution in [-0.4, -0.2) is 15.9 Å². The molecule has 0 radical (unpaired) electrons. The Balaban J connectivity index is 1.80. The summed E-state index contributed by atoms with van der Waals surface area (Å²) >= 11 is 0. The van der Waals surface area contributed by atoms with Crippen LogP contribution in [0.1, 0.15) is 35.3 Å². The molecule has 3 rings (SSSR count). The highest BCUT2D eigenvalue weighted by molar-refractivity contribution is 5.94. The Morgan fingerprint density at radius 1 is 1.00 bits per heavy atom. The van der Waals surface area contributed by atoms with Crippen LogP contribution in [0.15, 0.2) is 60.9 Å². The van der Waals surface area contributed by atoms with Crippen molar-refractivity contribution in [2.24, 2.45) is 5.73 Å². The summed E-state index contributed by atoms with van der Waals surface area (Å²) in [5, 5.41) is 3.37. The van der Waals surface area contributed by atoms with Crippen LogP contribution in [0.2, 0.25) is 0 Å². The van der Waals surface area contributed by atoms with Crippen LogP contribution in [0.3, 0.4) is 0 Å². The van der Waals surface area contributed by atoms with Gasteiger partial charge >= 0.3 is 0 Å². The second-order valence-corrected chi connectivity index (χ2v) is 6.86. The number of nitrogens with zero attached hydrogens (tertiary/aromatic N) is 2. The Morgan fingerprint density at radius 3 is 2.27 bits per heavy atom. The van der Waals surface area contributed by atoms with Crippen LogP contribution >= 0.6 is 0 Å². The van der Waals surface area contributed by atoms with Gasteiger partial charge in [-0.25, -0.2) is 9.97 Å². The van der Waals surface area contributed by atoms with Crippen molar-refractivity contribution in [1.82, 2.24) is 9.97 Å². The zero-order valence-electron chi connectivity index (χ0n) is 15.2. The van der Waals surface area contributed by atoms with Crippen molar-refractivity contribution in [2.75, 3.05) is 5.32 Å². The lowest BCUT2D eigenvalue weighted by Crippen LogP contribution is -2.28. The van der Waals surface area contributed by atoms with Gasteiger partial charge in [0.1, 0.15) is 0 Å². The van der Waals surface area contributed by atoms with Crippen LogP contribution in [0.5, 0.6) is 0 Å². The molecule has 0 aliphatic heterocycles. The number of nitrogens with one attached hydrogen (secondary N) is 1. The topological polar surface area (TPSA) is 80.9 Å². The molecule has 132 valence electrons. The zero-order chi connectivity index (χ0) is 18.7. The third-order valence-corrected chi connectivity index (χ3v) is 4.33. The first kappa shape index (κ1) is 17.6. The quantitative estimate of drug-likeness (QED) is 0.734. The number of aromatic nitrogens is 2. The number of hydrogen-bond acceptors (Lipinski definition) is 4. The van der Waals surface area contributed by atoms with Crippen molar-refractivity contribution in [3.8, 4) is 11.1 Å². The van der Waals surface area contributed by atoms with Gasteiger partial charge < -0.3 is 11.1 Å². The molecule has 3 N–H and O–H groups in total. The second-order valence-electron chi connectivity index (χ2n) is 6.86. The van der Waals surface area contributed by atoms with E-state index in [2.05, 4.69) is 60.3 Å². The largest absolute Gasteiger partial charge is 0.366 e. The van der Waals surface area contributed by atoms with Gasteiger partial charge in [0.05, 0.1) is 5.54 Å². The first-order chi connectivity index (χ1) is 12.3. The van der Waals surface area contributed by atoms with E-state index in [1.807, 2.05) is 6.07 Å². The van der Waals surface area contributed by atoms with Crippen molar-refractivity contribution in [1.29, 1.82) is 0 Å². The number of carbonyl (C=O) groups is 1. The van der Waals surface area contributed by atoms with E-state index in [4.69, 9.17) is 5.73 Å². The number of aryl methyl sites for hydroxylation is 1. The number of nitrogens with two attached hydrogens (primary N) is 1. The lowest BCUT2D eigenvalue weighted by Gasteiger charge is -2.27. The third kappa shape index (κ3) is 3.88. The van der Waals surface area contributed by atoms with E-state index in [1.54, 1.807) is 30.6 Å². The van der Waals surface area contributed by atoms with Crippen LogP contribution in [-0.2, 0) is 5.54 Å². The standard InChI is InChI=1S/C21H22N4O/c1-14-7-9-18(10-8-14)21(2,3)25-20-23-12-17(13-24-20)15-5-4-6-16(11-15)19(22)26/h4-13H,1-3H3,(H2,22,26)(H,23,24,25). The lowest BCUT2D eigenvalue weighted by atomic mass is 9.94. The molecule has 0 aliphatic rings. The molecule has 0 unspecified atom stereocenters. The average Bonchev–Trinajstić information content (AvgIpc) is 2.62. The third-order valence-electron chi connectivity index (χ3n) is 4.33. The van der Waals surface area contributed by atoms with E-state index in [0.717, 1.165) is 16.7 Å². The van der Waals surface area contributed by atoms with Gasteiger partial charge in [-0.3, -0.25) is 4.79 Å². The van der Waals surface area contributed by atoms with Gasteiger partial charge in [-0.2, -0.15) is 0 Å². The fourth-order valence-electron chi connectivity index (χ4n) is 2.72. The summed E-state index contributed by atoms with van der Waals surface area (Å²) < 4.78 is 0. The predicted octanol–water partition coefficient (Wildman–Crippen LogP) is 3.90. The number of carbonyl (C=O) groups excluding carboxylic acids is 1. The Labute approximate surface area is 153 Å². The second kappa shape index (κ2) is 6.96. The smallest absolute Gasteiger partial charge is 0.248 e. The van der Waals surface area contributed by atoms with Gasteiger partial charge in [0, 0.05) is 23.5 Å². The van der Waals surface area contributed by atoms with Crippen molar-refractivity contribution < 1.29 is 4.79 Å². The molecule has 0 saturated heterocycles. The molecular formula is C21H22N4O. The minimum Gasteiger partial charge on any atom is -0.366 e. The van der Waals surface area contributed by atoms with Crippen LogP contribution in [0, 0.1) is 6.92 Å². The number of amides is 1. The Kier molecular flexibility index (Phi) is 4.71. The zero-order valence-corrected chi connectivity index (χ0v) is 15.2. The first-order valence-corrected chi connectivity index (χ1v) is 8.43. The predicted molar refractivity (Wildman–Crippen MR) is 104 cm³/mol. The Hall–Kier alpha value is -3.21. The fourth-order valence-corrected chi connectivity index (χ4v) is 2.72. The molecule has 0 bridgehead atoms. The minimum absolute atomic E-state index is 0.304. The molecule has 0 atom stereocenters. The van der Waals surface area contributed by atoms with Crippen LogP contribution in [0.25, 0.3) is 11.1 Å². The van der Waals surface area contributed by atoms with Gasteiger partial charge in [0.25, 0.3) is 0 Å². The lowest BCUT2D eigenvalue weighted by molar-refractivity contribution is 0.100. The highest BCUT2D eigenvalue weighted by Crippen LogP contribution is 2.25. The van der Waals surface area contributed by atoms with Crippen molar-refractivity contribution in [3.05, 3.63) is 77.6 Å². The molecule has 0 fully saturated rings. The van der Waals surface area contributed by atoms with E-state index in [1.165, 1.54) is 5.56 Å². The summed E-state index contributed by atoms with van der Waals surface area (Å²) in [5.41, 5.74) is 9.56. The maximum atomic E-state index is 11.3. The van der Waals surface area contributed by atoms with E-state index >= 15 is 0 Å². The SMILES string of the molecule is Cc1ccc(C(C)(C)Nc2ncc(-c3cccc(C(N)=O)c3)cn2)cc1. The van der Waals surface area contributed by atoms with Gasteiger partial charge in [-0.15, -0.1) is 0 Å². The van der Waals surface area contributed by atoms with Gasteiger partial charge in [0.2, 0.25) is 11.9 Å². The molecule has 0 spiro atoms. The summed E-state index contributed by atoms with van der Waals surface area (Å²) in [6.07, 6.45) is 3.47. The van der Waals surface area contributed by atoms with Crippen LogP contribution in [0.4, 0.5) is 5.95 Å². The minimum atomic E-state index is -0.453. The normalized spacial score (nSPS) is 11.2. The molecular weight excluding hydrogens is 324 g/mol. The molecule has 2 aromatic carbocycles. The number of benzene rings is 2. The number of anilines is 1. The highest BCUT2D eigenvalue weighted by Gasteiger charge is 2.21. The van der Waals surface area contributed by atoms with Gasteiger partial charge in [-0.1, -0.05) is 42.0 Å². The summed E-state index contributed by atoms with van der Waals surface area (Å²) in [7, 11) is 0. The molecule has 1 heterocycles. The molecule has 26 heavy (non-hydrogen) atoms. The number of rotatable bonds is 5. The van der Waals surface area contributed by atoms with E-state index in [-0.39, 0.29) is 5.54 Å². The molecule has 1 aromatic heterocycles. The molecule has 0 aliphatic carbocycles. The van der Waals surface area contributed by atoms with Crippen molar-refractivity contribution in [2.45, 2.75) is 26.3 Å². The number of primary amides is 1. The first-order valence-electron chi connectivity index (χ1n) is 8.43. The summed E-state index contributed by atoms with van der Waals surface area (Å²) in [5.74, 6) is 0.0938. The van der Waals surface area contributed by atoms with Crippen molar-refractivity contribution >= 4 is 11.9 Å². The van der Waals surface area contributed by atoms with Gasteiger partial charge in [-0.05, 0) is 44.0 Å². The maximum Gasteiger partial charge on any atom is 0.248 e. The van der Waals surface area contributed by atoms with E-state index in [0.29, 0.717) is 11.5 Å². The summed E-state index contributed by atoms with van der Waals surface area (Å²) in [6, 6.07) is 15.5. The monoisotopic (exact) mass is 346 g/mol. The molecule has 1 amide bonds. The molecule has 0 saturated carbocycles. The van der Waals surface area contributed by atoms with E-state index < -0.39 is 5.91 Å².